The molecule has 0 aromatic carbocycles. The van der Waals surface area contributed by atoms with Gasteiger partial charge in [0.2, 0.25) is 0 Å². The van der Waals surface area contributed by atoms with Gasteiger partial charge >= 0.3 is 74.7 Å². The SMILES string of the molecule is O=C1[O][Hg][O]C(=O)[C@@H](O)[C@@H]1O. The molecule has 7 heteroatoms. The molecule has 6 nitrogen and oxygen atoms in total. The predicted octanol–water partition coefficient (Wildman–Crippen LogP) is -2.28. The summed E-state index contributed by atoms with van der Waals surface area (Å²) >= 11 is -2.39. The molecule has 2 N–H and O–H groups in total. The summed E-state index contributed by atoms with van der Waals surface area (Å²) in [5.74, 6) is -1.94. The van der Waals surface area contributed by atoms with Gasteiger partial charge in [0.05, 0.1) is 0 Å². The van der Waals surface area contributed by atoms with Gasteiger partial charge in [0.25, 0.3) is 0 Å². The molecule has 1 aliphatic rings. The van der Waals surface area contributed by atoms with Crippen LogP contribution in [0.3, 0.4) is 0 Å². The minimum atomic E-state index is -2.39. The van der Waals surface area contributed by atoms with Crippen LogP contribution in [0.1, 0.15) is 0 Å². The fraction of sp³-hybridized carbons (Fsp3) is 0.500. The Labute approximate surface area is 74.9 Å². The average Bonchev–Trinajstić information content (AvgIpc) is 2.07. The normalized spacial score (nSPS) is 30.7. The maximum atomic E-state index is 10.6. The summed E-state index contributed by atoms with van der Waals surface area (Å²) in [5, 5.41) is 17.6. The molecule has 1 rings (SSSR count). The number of aliphatic hydroxyl groups excluding tert-OH is 2. The number of aliphatic hydroxyl groups is 2. The third-order valence-electron chi connectivity index (χ3n) is 1.18. The van der Waals surface area contributed by atoms with Crippen LogP contribution in [0.4, 0.5) is 0 Å². The van der Waals surface area contributed by atoms with Gasteiger partial charge in [-0.15, -0.1) is 0 Å². The van der Waals surface area contributed by atoms with Crippen molar-refractivity contribution in [1.82, 2.24) is 0 Å². The number of carbonyl (C=O) groups is 2. The Morgan fingerprint density at radius 3 is 1.82 bits per heavy atom. The third kappa shape index (κ3) is 1.88. The van der Waals surface area contributed by atoms with Crippen LogP contribution in [0.2, 0.25) is 0 Å². The van der Waals surface area contributed by atoms with Crippen LogP contribution in [-0.2, 0) is 40.4 Å². The number of hydrogen-bond acceptors (Lipinski definition) is 6. The van der Waals surface area contributed by atoms with E-state index in [0.29, 0.717) is 0 Å². The maximum absolute atomic E-state index is 10.6. The van der Waals surface area contributed by atoms with E-state index in [2.05, 4.69) is 5.29 Å². The Balaban J connectivity index is 2.73. The van der Waals surface area contributed by atoms with Crippen LogP contribution in [0.25, 0.3) is 0 Å². The molecule has 0 radical (unpaired) electrons. The molecule has 0 bridgehead atoms. The van der Waals surface area contributed by atoms with Gasteiger partial charge in [0.15, 0.2) is 0 Å². The van der Waals surface area contributed by atoms with E-state index >= 15 is 0 Å². The number of rotatable bonds is 0. The molecule has 1 fully saturated rings. The van der Waals surface area contributed by atoms with E-state index in [1.807, 2.05) is 0 Å². The van der Waals surface area contributed by atoms with E-state index < -0.39 is 49.6 Å². The van der Waals surface area contributed by atoms with Crippen molar-refractivity contribution >= 4 is 11.9 Å². The van der Waals surface area contributed by atoms with Crippen molar-refractivity contribution in [2.45, 2.75) is 12.2 Å². The van der Waals surface area contributed by atoms with Gasteiger partial charge in [0, 0.05) is 0 Å². The fourth-order valence-corrected chi connectivity index (χ4v) is 3.03. The van der Waals surface area contributed by atoms with Gasteiger partial charge in [-0.2, -0.15) is 0 Å². The minimum absolute atomic E-state index is 0.968. The molecule has 1 heterocycles. The Kier molecular flexibility index (Phi) is 2.80. The molecule has 0 saturated carbocycles. The van der Waals surface area contributed by atoms with Crippen molar-refractivity contribution in [3.8, 4) is 0 Å². The Morgan fingerprint density at radius 1 is 1.09 bits per heavy atom. The molecule has 1 aliphatic heterocycles. The van der Waals surface area contributed by atoms with Gasteiger partial charge in [-0.25, -0.2) is 0 Å². The molecule has 0 aliphatic carbocycles. The summed E-state index contributed by atoms with van der Waals surface area (Å²) in [6.45, 7) is 0. The van der Waals surface area contributed by atoms with E-state index in [0.717, 1.165) is 0 Å². The molecular formula is C4H4HgO6. The Bertz CT molecular complexity index is 171. The Hall–Kier alpha value is -0.205. The molecule has 58 valence electrons. The summed E-state index contributed by atoms with van der Waals surface area (Å²) in [6.07, 6.45) is -3.57. The van der Waals surface area contributed by atoms with Gasteiger partial charge in [-0.1, -0.05) is 0 Å². The van der Waals surface area contributed by atoms with Crippen LogP contribution < -0.4 is 0 Å². The van der Waals surface area contributed by atoms with Crippen molar-refractivity contribution < 1.29 is 50.6 Å². The van der Waals surface area contributed by atoms with E-state index in [-0.39, 0.29) is 0 Å². The van der Waals surface area contributed by atoms with Gasteiger partial charge in [-0.3, -0.25) is 0 Å². The van der Waals surface area contributed by atoms with E-state index in [9.17, 15) is 9.59 Å². The molecule has 0 aromatic rings. The second-order valence-electron chi connectivity index (χ2n) is 1.93. The van der Waals surface area contributed by atoms with Crippen molar-refractivity contribution in [3.63, 3.8) is 0 Å². The molecule has 2 atom stereocenters. The predicted molar refractivity (Wildman–Crippen MR) is 24.2 cm³/mol. The van der Waals surface area contributed by atoms with Gasteiger partial charge < -0.3 is 0 Å². The van der Waals surface area contributed by atoms with E-state index in [1.54, 1.807) is 0 Å². The molecule has 0 unspecified atom stereocenters. The summed E-state index contributed by atoms with van der Waals surface area (Å²) in [4.78, 5) is 21.1. The number of hydrogen-bond donors (Lipinski definition) is 2. The second kappa shape index (κ2) is 3.46. The average molecular weight is 349 g/mol. The molecule has 0 amide bonds. The first-order valence-electron chi connectivity index (χ1n) is 2.82. The van der Waals surface area contributed by atoms with Crippen molar-refractivity contribution in [2.75, 3.05) is 0 Å². The molecule has 1 saturated heterocycles. The molecule has 0 aromatic heterocycles. The molecule has 0 spiro atoms. The summed E-state index contributed by atoms with van der Waals surface area (Å²) < 4.78 is 8.77. The Morgan fingerprint density at radius 2 is 1.45 bits per heavy atom. The zero-order valence-electron chi connectivity index (χ0n) is 5.39. The topological polar surface area (TPSA) is 93.1 Å². The molecular weight excluding hydrogens is 345 g/mol. The van der Waals surface area contributed by atoms with Crippen molar-refractivity contribution in [1.29, 1.82) is 0 Å². The third-order valence-corrected chi connectivity index (χ3v) is 4.31. The quantitative estimate of drug-likeness (QED) is 0.479. The zero-order chi connectivity index (χ0) is 8.43. The fourth-order valence-electron chi connectivity index (χ4n) is 0.574. The van der Waals surface area contributed by atoms with Crippen molar-refractivity contribution in [3.05, 3.63) is 0 Å². The van der Waals surface area contributed by atoms with Gasteiger partial charge in [0.1, 0.15) is 0 Å². The van der Waals surface area contributed by atoms with Crippen LogP contribution in [0.15, 0.2) is 0 Å². The molecule has 11 heavy (non-hydrogen) atoms. The summed E-state index contributed by atoms with van der Waals surface area (Å²) in [6, 6.07) is 0. The van der Waals surface area contributed by atoms with Crippen molar-refractivity contribution in [2.24, 2.45) is 0 Å². The van der Waals surface area contributed by atoms with Crippen LogP contribution in [0.5, 0.6) is 0 Å². The van der Waals surface area contributed by atoms with E-state index in [1.165, 1.54) is 0 Å². The van der Waals surface area contributed by atoms with Crippen LogP contribution in [0, 0.1) is 0 Å². The van der Waals surface area contributed by atoms with Gasteiger partial charge in [-0.05, 0) is 0 Å². The number of carbonyl (C=O) groups excluding carboxylic acids is 2. The monoisotopic (exact) mass is 350 g/mol. The zero-order valence-corrected chi connectivity index (χ0v) is 10.9. The van der Waals surface area contributed by atoms with E-state index in [4.69, 9.17) is 10.2 Å². The first kappa shape index (κ1) is 8.89. The first-order chi connectivity index (χ1) is 5.13. The standard InChI is InChI=1S/C4H6O6.Hg/c5-1(3(7)8)2(6)4(9)10;/h1-2,5-6H,(H,7,8)(H,9,10);/q;+2/p-2/t1-,2-;/m0./s1. The van der Waals surface area contributed by atoms with Crippen LogP contribution in [-0.4, -0.2) is 34.4 Å². The first-order valence-corrected chi connectivity index (χ1v) is 7.31. The summed E-state index contributed by atoms with van der Waals surface area (Å²) in [7, 11) is 0. The summed E-state index contributed by atoms with van der Waals surface area (Å²) in [5.41, 5.74) is 0. The second-order valence-corrected chi connectivity index (χ2v) is 5.09. The van der Waals surface area contributed by atoms with Crippen LogP contribution >= 0.6 is 0 Å².